The normalized spacial score (nSPS) is 37.6. The maximum absolute atomic E-state index is 5.93. The molecule has 1 aliphatic heterocycles. The Labute approximate surface area is 99.2 Å². The van der Waals surface area contributed by atoms with E-state index in [0.29, 0.717) is 12.1 Å². The number of piperazine rings is 1. The Morgan fingerprint density at radius 1 is 1.40 bits per heavy atom. The summed E-state index contributed by atoms with van der Waals surface area (Å²) in [5.41, 5.74) is 5.93. The lowest BCUT2D eigenvalue weighted by Crippen LogP contribution is -2.51. The van der Waals surface area contributed by atoms with Crippen LogP contribution in [0.15, 0.2) is 0 Å². The quantitative estimate of drug-likeness (QED) is 0.743. The fourth-order valence-corrected chi connectivity index (χ4v) is 2.77. The summed E-state index contributed by atoms with van der Waals surface area (Å²) in [6.07, 6.45) is 3.83. The lowest BCUT2D eigenvalue weighted by molar-refractivity contribution is 0.148. The Morgan fingerprint density at radius 2 is 2.20 bits per heavy atom. The van der Waals surface area contributed by atoms with Gasteiger partial charge in [-0.3, -0.25) is 4.90 Å². The van der Waals surface area contributed by atoms with E-state index in [1.165, 1.54) is 32.4 Å². The van der Waals surface area contributed by atoms with Crippen LogP contribution in [-0.4, -0.2) is 43.2 Å². The smallest absolute Gasteiger partial charge is 0.0193 e. The number of halogens is 1. The third-order valence-electron chi connectivity index (χ3n) is 3.71. The van der Waals surface area contributed by atoms with Crippen molar-refractivity contribution in [3.63, 3.8) is 0 Å². The molecule has 1 aliphatic carbocycles. The van der Waals surface area contributed by atoms with E-state index in [0.717, 1.165) is 19.0 Å². The van der Waals surface area contributed by atoms with Gasteiger partial charge >= 0.3 is 0 Å². The molecule has 1 heterocycles. The van der Waals surface area contributed by atoms with Gasteiger partial charge in [0.2, 0.25) is 0 Å². The molecule has 2 aliphatic rings. The van der Waals surface area contributed by atoms with E-state index < -0.39 is 0 Å². The van der Waals surface area contributed by atoms with Gasteiger partial charge < -0.3 is 11.1 Å². The minimum Gasteiger partial charge on any atom is -0.328 e. The van der Waals surface area contributed by atoms with Crippen LogP contribution in [0.4, 0.5) is 0 Å². The Hall–Kier alpha value is 0.170. The molecule has 3 atom stereocenters. The predicted molar refractivity (Wildman–Crippen MR) is 66.5 cm³/mol. The molecular weight excluding hydrogens is 210 g/mol. The first kappa shape index (κ1) is 13.2. The zero-order valence-corrected chi connectivity index (χ0v) is 10.4. The number of nitrogens with one attached hydrogen (secondary N) is 1. The highest BCUT2D eigenvalue weighted by atomic mass is 35.5. The zero-order valence-electron chi connectivity index (χ0n) is 9.61. The minimum atomic E-state index is 0. The van der Waals surface area contributed by atoms with Gasteiger partial charge in [0.05, 0.1) is 0 Å². The first-order chi connectivity index (χ1) is 6.75. The van der Waals surface area contributed by atoms with Gasteiger partial charge in [-0.1, -0.05) is 0 Å². The average Bonchev–Trinajstić information content (AvgIpc) is 2.56. The molecule has 3 unspecified atom stereocenters. The van der Waals surface area contributed by atoms with Crippen molar-refractivity contribution in [3.8, 4) is 0 Å². The SMILES string of the molecule is CC1CNCCN1CC1CCC(N)C1.Cl. The van der Waals surface area contributed by atoms with Crippen LogP contribution < -0.4 is 11.1 Å². The maximum Gasteiger partial charge on any atom is 0.0193 e. The van der Waals surface area contributed by atoms with Crippen molar-refractivity contribution < 1.29 is 0 Å². The molecule has 0 spiro atoms. The van der Waals surface area contributed by atoms with Crippen LogP contribution in [0.25, 0.3) is 0 Å². The van der Waals surface area contributed by atoms with Crippen LogP contribution >= 0.6 is 12.4 Å². The van der Waals surface area contributed by atoms with Crippen molar-refractivity contribution in [1.82, 2.24) is 10.2 Å². The standard InChI is InChI=1S/C11H23N3.ClH/c1-9-7-13-4-5-14(9)8-10-2-3-11(12)6-10;/h9-11,13H,2-8,12H2,1H3;1H. The van der Waals surface area contributed by atoms with Crippen molar-refractivity contribution in [3.05, 3.63) is 0 Å². The first-order valence-electron chi connectivity index (χ1n) is 5.96. The van der Waals surface area contributed by atoms with Crippen molar-refractivity contribution >= 4 is 12.4 Å². The topological polar surface area (TPSA) is 41.3 Å². The van der Waals surface area contributed by atoms with Crippen LogP contribution in [-0.2, 0) is 0 Å². The van der Waals surface area contributed by atoms with E-state index in [1.807, 2.05) is 0 Å². The highest BCUT2D eigenvalue weighted by molar-refractivity contribution is 5.85. The molecule has 0 aromatic heterocycles. The molecule has 3 nitrogen and oxygen atoms in total. The van der Waals surface area contributed by atoms with E-state index in [9.17, 15) is 0 Å². The summed E-state index contributed by atoms with van der Waals surface area (Å²) >= 11 is 0. The second-order valence-corrected chi connectivity index (χ2v) is 4.99. The summed E-state index contributed by atoms with van der Waals surface area (Å²) in [4.78, 5) is 2.62. The summed E-state index contributed by atoms with van der Waals surface area (Å²) in [6, 6.07) is 1.19. The largest absolute Gasteiger partial charge is 0.328 e. The van der Waals surface area contributed by atoms with Gasteiger partial charge in [-0.2, -0.15) is 0 Å². The van der Waals surface area contributed by atoms with E-state index in [2.05, 4.69) is 17.1 Å². The highest BCUT2D eigenvalue weighted by Gasteiger charge is 2.26. The van der Waals surface area contributed by atoms with Gasteiger partial charge in [0.1, 0.15) is 0 Å². The molecule has 2 fully saturated rings. The molecule has 0 aromatic rings. The fraction of sp³-hybridized carbons (Fsp3) is 1.00. The number of nitrogens with zero attached hydrogens (tertiary/aromatic N) is 1. The predicted octanol–water partition coefficient (Wildman–Crippen LogP) is 0.829. The molecule has 3 N–H and O–H groups in total. The van der Waals surface area contributed by atoms with Crippen molar-refractivity contribution in [2.45, 2.75) is 38.3 Å². The number of hydrogen-bond donors (Lipinski definition) is 2. The maximum atomic E-state index is 5.93. The van der Waals surface area contributed by atoms with E-state index in [1.54, 1.807) is 0 Å². The van der Waals surface area contributed by atoms with Gasteiger partial charge in [0.15, 0.2) is 0 Å². The molecule has 2 rings (SSSR count). The van der Waals surface area contributed by atoms with Crippen LogP contribution in [0.3, 0.4) is 0 Å². The van der Waals surface area contributed by atoms with Crippen LogP contribution in [0, 0.1) is 5.92 Å². The summed E-state index contributed by atoms with van der Waals surface area (Å²) in [5, 5.41) is 3.43. The first-order valence-corrected chi connectivity index (χ1v) is 5.96. The molecule has 15 heavy (non-hydrogen) atoms. The van der Waals surface area contributed by atoms with Crippen molar-refractivity contribution in [1.29, 1.82) is 0 Å². The summed E-state index contributed by atoms with van der Waals surface area (Å²) in [6.45, 7) is 7.12. The van der Waals surface area contributed by atoms with Gasteiger partial charge in [0, 0.05) is 38.3 Å². The lowest BCUT2D eigenvalue weighted by atomic mass is 10.1. The third-order valence-corrected chi connectivity index (χ3v) is 3.71. The van der Waals surface area contributed by atoms with E-state index in [4.69, 9.17) is 5.73 Å². The number of nitrogens with two attached hydrogens (primary N) is 1. The van der Waals surface area contributed by atoms with Gasteiger partial charge in [0.25, 0.3) is 0 Å². The molecule has 4 heteroatoms. The minimum absolute atomic E-state index is 0. The molecule has 1 saturated heterocycles. The molecule has 0 bridgehead atoms. The van der Waals surface area contributed by atoms with Crippen molar-refractivity contribution in [2.75, 3.05) is 26.2 Å². The number of hydrogen-bond acceptors (Lipinski definition) is 3. The second kappa shape index (κ2) is 6.04. The van der Waals surface area contributed by atoms with Crippen LogP contribution in [0.2, 0.25) is 0 Å². The number of rotatable bonds is 2. The molecule has 1 saturated carbocycles. The van der Waals surface area contributed by atoms with Crippen LogP contribution in [0.1, 0.15) is 26.2 Å². The average molecular weight is 234 g/mol. The Bertz CT molecular complexity index is 189. The summed E-state index contributed by atoms with van der Waals surface area (Å²) in [5.74, 6) is 0.866. The van der Waals surface area contributed by atoms with Crippen molar-refractivity contribution in [2.24, 2.45) is 11.7 Å². The highest BCUT2D eigenvalue weighted by Crippen LogP contribution is 2.25. The molecule has 0 aromatic carbocycles. The van der Waals surface area contributed by atoms with Gasteiger partial charge in [-0.15, -0.1) is 12.4 Å². The summed E-state index contributed by atoms with van der Waals surface area (Å²) < 4.78 is 0. The second-order valence-electron chi connectivity index (χ2n) is 4.99. The Balaban J connectivity index is 0.00000112. The van der Waals surface area contributed by atoms with Crippen LogP contribution in [0.5, 0.6) is 0 Å². The lowest BCUT2D eigenvalue weighted by Gasteiger charge is -2.35. The third kappa shape index (κ3) is 3.59. The Morgan fingerprint density at radius 3 is 2.80 bits per heavy atom. The fourth-order valence-electron chi connectivity index (χ4n) is 2.77. The summed E-state index contributed by atoms with van der Waals surface area (Å²) in [7, 11) is 0. The molecule has 0 radical (unpaired) electrons. The van der Waals surface area contributed by atoms with E-state index >= 15 is 0 Å². The monoisotopic (exact) mass is 233 g/mol. The zero-order chi connectivity index (χ0) is 9.97. The van der Waals surface area contributed by atoms with Gasteiger partial charge in [-0.25, -0.2) is 0 Å². The molecular formula is C11H24ClN3. The van der Waals surface area contributed by atoms with Gasteiger partial charge in [-0.05, 0) is 32.1 Å². The molecule has 0 amide bonds. The molecule has 90 valence electrons. The Kier molecular flexibility index (Phi) is 5.33. The van der Waals surface area contributed by atoms with E-state index in [-0.39, 0.29) is 12.4 Å².